The van der Waals surface area contributed by atoms with Gasteiger partial charge in [0.1, 0.15) is 5.75 Å². The lowest BCUT2D eigenvalue weighted by Gasteiger charge is -2.13. The Balaban J connectivity index is 2.26. The minimum atomic E-state index is -3.78. The molecule has 0 saturated heterocycles. The summed E-state index contributed by atoms with van der Waals surface area (Å²) in [4.78, 5) is 11.3. The van der Waals surface area contributed by atoms with Crippen LogP contribution in [-0.4, -0.2) is 21.4 Å². The summed E-state index contributed by atoms with van der Waals surface area (Å²) in [6.45, 7) is 5.21. The first kappa shape index (κ1) is 17.6. The Morgan fingerprint density at radius 3 is 2.42 bits per heavy atom. The predicted octanol–water partition coefficient (Wildman–Crippen LogP) is 2.93. The Morgan fingerprint density at radius 1 is 1.17 bits per heavy atom. The highest BCUT2D eigenvalue weighted by molar-refractivity contribution is 7.92. The van der Waals surface area contributed by atoms with E-state index in [1.54, 1.807) is 12.1 Å². The number of ether oxygens (including phenoxy) is 1. The van der Waals surface area contributed by atoms with E-state index >= 15 is 0 Å². The van der Waals surface area contributed by atoms with E-state index in [0.29, 0.717) is 17.1 Å². The van der Waals surface area contributed by atoms with E-state index in [1.165, 1.54) is 31.4 Å². The number of nitrogens with one attached hydrogen (secondary N) is 2. The molecule has 6 nitrogen and oxygen atoms in total. The minimum absolute atomic E-state index is 0.0719. The molecule has 0 aromatic heterocycles. The average Bonchev–Trinajstić information content (AvgIpc) is 2.55. The van der Waals surface area contributed by atoms with Crippen LogP contribution in [0.3, 0.4) is 0 Å². The molecule has 1 amide bonds. The zero-order chi connectivity index (χ0) is 17.7. The second-order valence-electron chi connectivity index (χ2n) is 5.03. The van der Waals surface area contributed by atoms with Gasteiger partial charge in [0.25, 0.3) is 10.0 Å². The lowest BCUT2D eigenvalue weighted by molar-refractivity contribution is -0.111. The number of carbonyl (C=O) groups is 1. The molecule has 7 heteroatoms. The summed E-state index contributed by atoms with van der Waals surface area (Å²) in [5.41, 5.74) is 1.74. The molecule has 0 radical (unpaired) electrons. The molecule has 0 saturated carbocycles. The second kappa shape index (κ2) is 7.18. The quantitative estimate of drug-likeness (QED) is 0.788. The van der Waals surface area contributed by atoms with E-state index in [0.717, 1.165) is 11.6 Å². The summed E-state index contributed by atoms with van der Waals surface area (Å²) in [6.07, 6.45) is 1.14. The van der Waals surface area contributed by atoms with Crippen molar-refractivity contribution in [3.63, 3.8) is 0 Å². The van der Waals surface area contributed by atoms with Crippen LogP contribution in [0.5, 0.6) is 5.75 Å². The average molecular weight is 346 g/mol. The van der Waals surface area contributed by atoms with Crippen molar-refractivity contribution in [2.24, 2.45) is 0 Å². The van der Waals surface area contributed by atoms with Crippen LogP contribution in [-0.2, 0) is 14.8 Å². The van der Waals surface area contributed by atoms with Crippen LogP contribution in [0.15, 0.2) is 60.0 Å². The Hall–Kier alpha value is -2.80. The largest absolute Gasteiger partial charge is 0.495 e. The third kappa shape index (κ3) is 4.14. The topological polar surface area (TPSA) is 84.5 Å². The molecular weight excluding hydrogens is 328 g/mol. The molecule has 0 aliphatic heterocycles. The standard InChI is InChI=1S/C17H18N2O4S/c1-4-17(20)18-13-6-8-14(9-7-13)24(21,22)19-15-11-12(2)5-10-16(15)23-3/h4-11,19H,1H2,2-3H3,(H,18,20). The molecule has 2 rings (SSSR count). The Bertz CT molecular complexity index is 859. The van der Waals surface area contributed by atoms with E-state index in [4.69, 9.17) is 4.74 Å². The van der Waals surface area contributed by atoms with Crippen LogP contribution in [0.4, 0.5) is 11.4 Å². The molecule has 2 aromatic carbocycles. The molecule has 0 fully saturated rings. The number of carbonyl (C=O) groups excluding carboxylic acids is 1. The van der Waals surface area contributed by atoms with Gasteiger partial charge < -0.3 is 10.1 Å². The number of amides is 1. The van der Waals surface area contributed by atoms with Gasteiger partial charge in [-0.1, -0.05) is 12.6 Å². The van der Waals surface area contributed by atoms with Gasteiger partial charge in [-0.05, 0) is 55.0 Å². The van der Waals surface area contributed by atoms with Crippen LogP contribution in [0.2, 0.25) is 0 Å². The highest BCUT2D eigenvalue weighted by Gasteiger charge is 2.16. The number of hydrogen-bond acceptors (Lipinski definition) is 4. The first-order valence-corrected chi connectivity index (χ1v) is 8.55. The van der Waals surface area contributed by atoms with Gasteiger partial charge in [0.15, 0.2) is 0 Å². The maximum Gasteiger partial charge on any atom is 0.262 e. The summed E-state index contributed by atoms with van der Waals surface area (Å²) >= 11 is 0. The molecule has 126 valence electrons. The summed E-state index contributed by atoms with van der Waals surface area (Å²) in [7, 11) is -2.30. The van der Waals surface area contributed by atoms with Crippen molar-refractivity contribution in [3.05, 3.63) is 60.7 Å². The highest BCUT2D eigenvalue weighted by Crippen LogP contribution is 2.28. The molecule has 24 heavy (non-hydrogen) atoms. The molecule has 0 heterocycles. The zero-order valence-corrected chi connectivity index (χ0v) is 14.2. The van der Waals surface area contributed by atoms with Gasteiger partial charge in [-0.3, -0.25) is 9.52 Å². The number of sulfonamides is 1. The zero-order valence-electron chi connectivity index (χ0n) is 13.4. The van der Waals surface area contributed by atoms with Crippen LogP contribution < -0.4 is 14.8 Å². The number of anilines is 2. The molecule has 0 bridgehead atoms. The molecule has 2 aromatic rings. The van der Waals surface area contributed by atoms with Crippen molar-refractivity contribution in [2.45, 2.75) is 11.8 Å². The molecule has 0 aliphatic rings. The summed E-state index contributed by atoms with van der Waals surface area (Å²) < 4.78 is 32.7. The van der Waals surface area contributed by atoms with Crippen LogP contribution in [0.25, 0.3) is 0 Å². The molecule has 0 spiro atoms. The van der Waals surface area contributed by atoms with Gasteiger partial charge in [0.2, 0.25) is 5.91 Å². The normalized spacial score (nSPS) is 10.8. The van der Waals surface area contributed by atoms with Crippen molar-refractivity contribution < 1.29 is 17.9 Å². The van der Waals surface area contributed by atoms with Gasteiger partial charge in [-0.25, -0.2) is 8.42 Å². The number of rotatable bonds is 6. The van der Waals surface area contributed by atoms with Crippen LogP contribution in [0.1, 0.15) is 5.56 Å². The van der Waals surface area contributed by atoms with E-state index in [1.807, 2.05) is 13.0 Å². The van der Waals surface area contributed by atoms with Crippen LogP contribution >= 0.6 is 0 Å². The van der Waals surface area contributed by atoms with Gasteiger partial charge >= 0.3 is 0 Å². The molecular formula is C17H18N2O4S. The molecule has 0 unspecified atom stereocenters. The van der Waals surface area contributed by atoms with Crippen molar-refractivity contribution in [3.8, 4) is 5.75 Å². The first-order valence-electron chi connectivity index (χ1n) is 7.06. The van der Waals surface area contributed by atoms with E-state index in [9.17, 15) is 13.2 Å². The lowest BCUT2D eigenvalue weighted by atomic mass is 10.2. The summed E-state index contributed by atoms with van der Waals surface area (Å²) in [6, 6.07) is 11.0. The van der Waals surface area contributed by atoms with Crippen molar-refractivity contribution >= 4 is 27.3 Å². The van der Waals surface area contributed by atoms with Gasteiger partial charge in [-0.15, -0.1) is 0 Å². The second-order valence-corrected chi connectivity index (χ2v) is 6.71. The monoisotopic (exact) mass is 346 g/mol. The van der Waals surface area contributed by atoms with Crippen molar-refractivity contribution in [2.75, 3.05) is 17.1 Å². The third-order valence-corrected chi connectivity index (χ3v) is 4.60. The summed E-state index contributed by atoms with van der Waals surface area (Å²) in [5.74, 6) is 0.0623. The Morgan fingerprint density at radius 2 is 1.83 bits per heavy atom. The molecule has 2 N–H and O–H groups in total. The summed E-state index contributed by atoms with van der Waals surface area (Å²) in [5, 5.41) is 2.55. The van der Waals surface area contributed by atoms with Crippen LogP contribution in [0, 0.1) is 6.92 Å². The smallest absolute Gasteiger partial charge is 0.262 e. The molecule has 0 atom stereocenters. The number of aryl methyl sites for hydroxylation is 1. The maximum atomic E-state index is 12.5. The fourth-order valence-electron chi connectivity index (χ4n) is 2.02. The van der Waals surface area contributed by atoms with E-state index in [-0.39, 0.29) is 10.8 Å². The SMILES string of the molecule is C=CC(=O)Nc1ccc(S(=O)(=O)Nc2cc(C)ccc2OC)cc1. The number of methoxy groups -OCH3 is 1. The third-order valence-electron chi connectivity index (χ3n) is 3.22. The first-order chi connectivity index (χ1) is 11.4. The van der Waals surface area contributed by atoms with Gasteiger partial charge in [0, 0.05) is 5.69 Å². The number of hydrogen-bond donors (Lipinski definition) is 2. The van der Waals surface area contributed by atoms with E-state index < -0.39 is 10.0 Å². The lowest BCUT2D eigenvalue weighted by Crippen LogP contribution is -2.14. The van der Waals surface area contributed by atoms with Crippen molar-refractivity contribution in [1.82, 2.24) is 0 Å². The Kier molecular flexibility index (Phi) is 5.25. The minimum Gasteiger partial charge on any atom is -0.495 e. The fraction of sp³-hybridized carbons (Fsp3) is 0.118. The predicted molar refractivity (Wildman–Crippen MR) is 93.8 cm³/mol. The van der Waals surface area contributed by atoms with E-state index in [2.05, 4.69) is 16.6 Å². The fourth-order valence-corrected chi connectivity index (χ4v) is 3.08. The highest BCUT2D eigenvalue weighted by atomic mass is 32.2. The maximum absolute atomic E-state index is 12.5. The molecule has 0 aliphatic carbocycles. The van der Waals surface area contributed by atoms with Gasteiger partial charge in [0.05, 0.1) is 17.7 Å². The number of benzene rings is 2. The van der Waals surface area contributed by atoms with Gasteiger partial charge in [-0.2, -0.15) is 0 Å². The Labute approximate surface area is 141 Å². The van der Waals surface area contributed by atoms with Crippen molar-refractivity contribution in [1.29, 1.82) is 0 Å².